The second kappa shape index (κ2) is 11.8. The quantitative estimate of drug-likeness (QED) is 0.182. The molecule has 0 unspecified atom stereocenters. The van der Waals surface area contributed by atoms with Crippen LogP contribution < -0.4 is 0 Å². The van der Waals surface area contributed by atoms with E-state index in [1.54, 1.807) is 11.3 Å². The number of hydrogen-bond acceptors (Lipinski definition) is 5. The zero-order chi connectivity index (χ0) is 38.2. The molecule has 234 valence electrons. The average molecular weight is 680 g/mol. The Kier molecular flexibility index (Phi) is 5.54. The van der Waals surface area contributed by atoms with E-state index in [0.29, 0.717) is 42.9 Å². The molecule has 0 aliphatic carbocycles. The maximum absolute atomic E-state index is 9.60. The largest absolute Gasteiger partial charge is 0.208 e. The first-order valence-electron chi connectivity index (χ1n) is 19.1. The van der Waals surface area contributed by atoms with Crippen molar-refractivity contribution in [2.24, 2.45) is 0 Å². The molecular weight excluding hydrogens is 647 g/mol. The average Bonchev–Trinajstić information content (AvgIpc) is 3.82. The number of rotatable bonds is 5. The number of aromatic nitrogens is 3. The van der Waals surface area contributed by atoms with Gasteiger partial charge in [-0.2, -0.15) is 0 Å². The Morgan fingerprint density at radius 1 is 0.400 bits per heavy atom. The second-order valence-corrected chi connectivity index (χ2v) is 14.0. The van der Waals surface area contributed by atoms with Crippen molar-refractivity contribution in [1.29, 1.82) is 0 Å². The second-order valence-electron chi connectivity index (χ2n) is 11.9. The molecule has 3 aromatic heterocycles. The number of fused-ring (bicyclic) bond motifs is 6. The van der Waals surface area contributed by atoms with Gasteiger partial charge in [-0.1, -0.05) is 127 Å². The van der Waals surface area contributed by atoms with Gasteiger partial charge >= 0.3 is 0 Å². The van der Waals surface area contributed by atoms with E-state index in [9.17, 15) is 4.11 Å². The molecule has 10 aromatic rings. The minimum Gasteiger partial charge on any atom is -0.208 e. The lowest BCUT2D eigenvalue weighted by Gasteiger charge is -2.10. The number of hydrogen-bond donors (Lipinski definition) is 0. The number of nitrogens with zero attached hydrogens (tertiary/aromatic N) is 3. The molecule has 0 saturated carbocycles. The van der Waals surface area contributed by atoms with Crippen molar-refractivity contribution in [2.75, 3.05) is 0 Å². The van der Waals surface area contributed by atoms with E-state index >= 15 is 0 Å². The summed E-state index contributed by atoms with van der Waals surface area (Å²) in [5.74, 6) is 0.819. The molecule has 0 radical (unpaired) electrons. The van der Waals surface area contributed by atoms with Crippen molar-refractivity contribution in [2.45, 2.75) is 0 Å². The zero-order valence-corrected chi connectivity index (χ0v) is 27.9. The predicted octanol–water partition coefficient (Wildman–Crippen LogP) is 12.9. The van der Waals surface area contributed by atoms with Gasteiger partial charge in [0.1, 0.15) is 0 Å². The Morgan fingerprint density at radius 2 is 1.00 bits per heavy atom. The molecule has 0 aliphatic rings. The Bertz CT molecular complexity index is 3200. The fourth-order valence-corrected chi connectivity index (χ4v) is 8.54. The third-order valence-electron chi connectivity index (χ3n) is 8.88. The third kappa shape index (κ3) is 4.98. The molecule has 0 bridgehead atoms. The molecule has 0 saturated heterocycles. The van der Waals surface area contributed by atoms with Gasteiger partial charge in [0.25, 0.3) is 0 Å². The van der Waals surface area contributed by atoms with E-state index in [2.05, 4.69) is 36.4 Å². The molecule has 3 nitrogen and oxygen atoms in total. The van der Waals surface area contributed by atoms with Crippen molar-refractivity contribution in [3.63, 3.8) is 0 Å². The highest BCUT2D eigenvalue weighted by molar-refractivity contribution is 7.26. The number of thiophene rings is 2. The summed E-state index contributed by atoms with van der Waals surface area (Å²) in [4.78, 5) is 14.8. The van der Waals surface area contributed by atoms with Gasteiger partial charge in [-0.3, -0.25) is 0 Å². The topological polar surface area (TPSA) is 38.7 Å². The van der Waals surface area contributed by atoms with Gasteiger partial charge in [0, 0.05) is 57.0 Å². The van der Waals surface area contributed by atoms with Crippen LogP contribution in [0.25, 0.3) is 96.8 Å². The van der Waals surface area contributed by atoms with Crippen LogP contribution in [-0.2, 0) is 0 Å². The van der Waals surface area contributed by atoms with Crippen molar-refractivity contribution < 1.29 is 8.22 Å². The molecule has 0 fully saturated rings. The SMILES string of the molecule is [2H]c1c([2H])c(-c2ccccc2)c2c(sc3c([2H])c(-c4nc(-c5ccc(-c6ccccc6)cc5)nc(-c5ccc6sc7ccccc7c6c5)n4)c([2H])c([2H])c32)c1[2H]. The van der Waals surface area contributed by atoms with Crippen LogP contribution in [0.1, 0.15) is 8.22 Å². The van der Waals surface area contributed by atoms with Gasteiger partial charge in [0.15, 0.2) is 17.5 Å². The predicted molar refractivity (Wildman–Crippen MR) is 213 cm³/mol. The van der Waals surface area contributed by atoms with Crippen molar-refractivity contribution >= 4 is 63.0 Å². The minimum absolute atomic E-state index is 0.0551. The van der Waals surface area contributed by atoms with E-state index in [-0.39, 0.29) is 47.6 Å². The molecule has 0 spiro atoms. The lowest BCUT2D eigenvalue weighted by atomic mass is 9.99. The Hall–Kier alpha value is -6.01. The van der Waals surface area contributed by atoms with Gasteiger partial charge in [-0.05, 0) is 58.6 Å². The maximum Gasteiger partial charge on any atom is 0.164 e. The number of benzene rings is 7. The molecule has 3 heterocycles. The standard InChI is InChI=1S/C45H27N3S2/c1-3-10-28(11-4-1)29-18-20-31(21-19-29)43-46-44(32-23-25-39-37(26-32)35-14-7-8-16-38(35)49-39)48-45(47-43)33-22-24-36-41(27-33)50-40-17-9-15-34(42(36)40)30-12-5-2-6-13-30/h1-27H/i9D,15D,17D,22D,24D,27D. The first-order valence-corrected chi connectivity index (χ1v) is 17.7. The lowest BCUT2D eigenvalue weighted by molar-refractivity contribution is 1.08. The molecule has 0 aliphatic heterocycles. The summed E-state index contributed by atoms with van der Waals surface area (Å²) in [6, 6.07) is 40.6. The normalized spacial score (nSPS) is 13.3. The molecule has 0 atom stereocenters. The van der Waals surface area contributed by atoms with Crippen molar-refractivity contribution in [3.05, 3.63) is 164 Å². The van der Waals surface area contributed by atoms with E-state index in [1.165, 1.54) is 4.70 Å². The first-order chi connectivity index (χ1) is 27.3. The molecule has 5 heteroatoms. The van der Waals surface area contributed by atoms with Crippen LogP contribution in [0.3, 0.4) is 0 Å². The van der Waals surface area contributed by atoms with Crippen LogP contribution in [0.4, 0.5) is 0 Å². The Balaban J connectivity index is 1.22. The molecule has 0 amide bonds. The summed E-state index contributed by atoms with van der Waals surface area (Å²) in [5, 5.41) is 2.95. The van der Waals surface area contributed by atoms with E-state index < -0.39 is 0 Å². The summed E-state index contributed by atoms with van der Waals surface area (Å²) >= 11 is 2.85. The molecule has 7 aromatic carbocycles. The maximum atomic E-state index is 9.60. The van der Waals surface area contributed by atoms with Gasteiger partial charge in [-0.15, -0.1) is 22.7 Å². The highest BCUT2D eigenvalue weighted by atomic mass is 32.1. The molecular formula is C45H27N3S2. The highest BCUT2D eigenvalue weighted by Gasteiger charge is 2.17. The van der Waals surface area contributed by atoms with Crippen LogP contribution in [0, 0.1) is 0 Å². The smallest absolute Gasteiger partial charge is 0.164 e. The molecule has 10 rings (SSSR count). The Labute approximate surface area is 305 Å². The summed E-state index contributed by atoms with van der Waals surface area (Å²) in [7, 11) is 0. The van der Waals surface area contributed by atoms with Crippen LogP contribution in [-0.4, -0.2) is 15.0 Å². The first kappa shape index (κ1) is 23.4. The van der Waals surface area contributed by atoms with E-state index in [0.717, 1.165) is 49.1 Å². The van der Waals surface area contributed by atoms with E-state index in [4.69, 9.17) is 19.1 Å². The lowest BCUT2D eigenvalue weighted by Crippen LogP contribution is -2.00. The zero-order valence-electron chi connectivity index (χ0n) is 32.3. The summed E-state index contributed by atoms with van der Waals surface area (Å²) in [6.07, 6.45) is 0. The van der Waals surface area contributed by atoms with Gasteiger partial charge in [-0.25, -0.2) is 15.0 Å². The fraction of sp³-hybridized carbons (Fsp3) is 0. The van der Waals surface area contributed by atoms with Gasteiger partial charge in [0.2, 0.25) is 0 Å². The molecule has 50 heavy (non-hydrogen) atoms. The fourth-order valence-electron chi connectivity index (χ4n) is 6.43. The third-order valence-corrected chi connectivity index (χ3v) is 11.1. The van der Waals surface area contributed by atoms with Gasteiger partial charge in [0.05, 0.1) is 8.22 Å². The van der Waals surface area contributed by atoms with Crippen molar-refractivity contribution in [3.8, 4) is 56.4 Å². The van der Waals surface area contributed by atoms with Gasteiger partial charge < -0.3 is 0 Å². The minimum atomic E-state index is -0.240. The summed E-state index contributed by atoms with van der Waals surface area (Å²) < 4.78 is 57.9. The van der Waals surface area contributed by atoms with Crippen LogP contribution in [0.5, 0.6) is 0 Å². The summed E-state index contributed by atoms with van der Waals surface area (Å²) in [5.41, 5.74) is 4.73. The molecule has 0 N–H and O–H groups in total. The van der Waals surface area contributed by atoms with Crippen LogP contribution >= 0.6 is 22.7 Å². The Morgan fingerprint density at radius 3 is 1.80 bits per heavy atom. The monoisotopic (exact) mass is 679 g/mol. The van der Waals surface area contributed by atoms with Crippen LogP contribution in [0.2, 0.25) is 0 Å². The van der Waals surface area contributed by atoms with E-state index in [1.807, 2.05) is 91.0 Å². The van der Waals surface area contributed by atoms with Crippen LogP contribution in [0.15, 0.2) is 164 Å². The van der Waals surface area contributed by atoms with Crippen molar-refractivity contribution in [1.82, 2.24) is 15.0 Å². The summed E-state index contributed by atoms with van der Waals surface area (Å²) in [6.45, 7) is 0. The highest BCUT2D eigenvalue weighted by Crippen LogP contribution is 2.42.